The smallest absolute Gasteiger partial charge is 0.331 e. The van der Waals surface area contributed by atoms with Crippen LogP contribution >= 0.6 is 11.6 Å². The van der Waals surface area contributed by atoms with Gasteiger partial charge in [-0.1, -0.05) is 11.6 Å². The van der Waals surface area contributed by atoms with Crippen LogP contribution < -0.4 is 21.9 Å². The highest BCUT2D eigenvalue weighted by Gasteiger charge is 2.31. The predicted octanol–water partition coefficient (Wildman–Crippen LogP) is 3.71. The molecule has 40 heavy (non-hydrogen) atoms. The summed E-state index contributed by atoms with van der Waals surface area (Å²) in [6.07, 6.45) is 2.04. The van der Waals surface area contributed by atoms with Crippen molar-refractivity contribution in [2.45, 2.75) is 39.3 Å². The number of hydrogen-bond donors (Lipinski definition) is 2. The van der Waals surface area contributed by atoms with Gasteiger partial charge in [-0.15, -0.1) is 0 Å². The molecule has 0 bridgehead atoms. The number of urea groups is 1. The van der Waals surface area contributed by atoms with Crippen LogP contribution in [-0.2, 0) is 16.1 Å². The standard InChI is InChI=1S/C28H28ClN6O5/c1-16(2)35-23-8-7-19(11-21(23)26(37)34(28(35)39)14-17-3-4-17)32-27(38)33-9-10-40-24(15-33)25(36)31-20-6-5-18(13-30)22(29)12-20/h5-8,11-12,16-17H,3-4,9-10,14-15H2,1-2H3,(H,31,36)(H,32,38). The third kappa shape index (κ3) is 5.59. The first-order valence-corrected chi connectivity index (χ1v) is 13.4. The summed E-state index contributed by atoms with van der Waals surface area (Å²) in [6, 6.07) is 10.7. The fourth-order valence-electron chi connectivity index (χ4n) is 4.65. The number of nitrogens with zero attached hydrogens (tertiary/aromatic N) is 4. The SMILES string of the molecule is CC(C)n1c(=O)n(CC2CC2)c(=O)c2cc(NC(=O)N3CCO[C](C(=O)Nc4ccc(C#N)c(Cl)c4)C3)ccc21. The van der Waals surface area contributed by atoms with Crippen LogP contribution in [0, 0.1) is 23.4 Å². The summed E-state index contributed by atoms with van der Waals surface area (Å²) in [4.78, 5) is 53.7. The summed E-state index contributed by atoms with van der Waals surface area (Å²) in [6.45, 7) is 4.47. The Kier molecular flexibility index (Phi) is 7.65. The van der Waals surface area contributed by atoms with E-state index in [0.717, 1.165) is 12.8 Å². The number of fused-ring (bicyclic) bond motifs is 1. The number of aromatic nitrogens is 2. The molecule has 11 nitrogen and oxygen atoms in total. The molecular weight excluding hydrogens is 536 g/mol. The monoisotopic (exact) mass is 563 g/mol. The molecule has 5 rings (SSSR count). The molecule has 1 saturated carbocycles. The van der Waals surface area contributed by atoms with E-state index in [2.05, 4.69) is 10.6 Å². The summed E-state index contributed by atoms with van der Waals surface area (Å²) in [5.41, 5.74) is 0.876. The van der Waals surface area contributed by atoms with Crippen LogP contribution in [0.25, 0.3) is 10.9 Å². The van der Waals surface area contributed by atoms with Crippen molar-refractivity contribution in [3.63, 3.8) is 0 Å². The zero-order valence-electron chi connectivity index (χ0n) is 22.1. The number of ether oxygens (including phenoxy) is 1. The molecule has 2 heterocycles. The number of morpholine rings is 1. The molecule has 0 atom stereocenters. The van der Waals surface area contributed by atoms with Crippen molar-refractivity contribution in [2.24, 2.45) is 5.92 Å². The number of rotatable bonds is 6. The van der Waals surface area contributed by atoms with Crippen molar-refractivity contribution >= 4 is 45.8 Å². The molecule has 1 aliphatic heterocycles. The zero-order chi connectivity index (χ0) is 28.6. The third-order valence-corrected chi connectivity index (χ3v) is 7.25. The summed E-state index contributed by atoms with van der Waals surface area (Å²) in [7, 11) is 0. The molecule has 0 unspecified atom stereocenters. The van der Waals surface area contributed by atoms with Gasteiger partial charge in [-0.25, -0.2) is 9.59 Å². The summed E-state index contributed by atoms with van der Waals surface area (Å²) < 4.78 is 8.41. The van der Waals surface area contributed by atoms with Crippen molar-refractivity contribution in [2.75, 3.05) is 30.3 Å². The normalized spacial score (nSPS) is 15.7. The molecule has 3 aromatic rings. The largest absolute Gasteiger partial charge is 0.358 e. The Morgan fingerprint density at radius 1 is 1.12 bits per heavy atom. The van der Waals surface area contributed by atoms with Gasteiger partial charge in [0, 0.05) is 30.5 Å². The number of amides is 3. The van der Waals surface area contributed by atoms with Gasteiger partial charge in [0.1, 0.15) is 6.07 Å². The van der Waals surface area contributed by atoms with E-state index in [-0.39, 0.29) is 53.7 Å². The molecule has 1 radical (unpaired) electrons. The average Bonchev–Trinajstić information content (AvgIpc) is 3.76. The Bertz CT molecular complexity index is 1650. The first-order valence-electron chi connectivity index (χ1n) is 13.0. The summed E-state index contributed by atoms with van der Waals surface area (Å²) >= 11 is 6.04. The van der Waals surface area contributed by atoms with Crippen molar-refractivity contribution in [3.8, 4) is 6.07 Å². The average molecular weight is 564 g/mol. The van der Waals surface area contributed by atoms with Crippen molar-refractivity contribution in [1.82, 2.24) is 14.0 Å². The molecule has 1 aromatic heterocycles. The van der Waals surface area contributed by atoms with Gasteiger partial charge in [0.2, 0.25) is 6.10 Å². The molecule has 0 spiro atoms. The number of halogens is 1. The molecule has 2 fully saturated rings. The molecule has 2 aliphatic rings. The number of nitriles is 1. The highest BCUT2D eigenvalue weighted by Crippen LogP contribution is 2.30. The zero-order valence-corrected chi connectivity index (χ0v) is 22.8. The van der Waals surface area contributed by atoms with Gasteiger partial charge in [-0.2, -0.15) is 5.26 Å². The highest BCUT2D eigenvalue weighted by atomic mass is 35.5. The van der Waals surface area contributed by atoms with E-state index in [1.165, 1.54) is 21.6 Å². The maximum atomic E-state index is 13.3. The number of carbonyl (C=O) groups excluding carboxylic acids is 2. The second-order valence-corrected chi connectivity index (χ2v) is 10.6. The van der Waals surface area contributed by atoms with Crippen molar-refractivity contribution in [1.29, 1.82) is 5.26 Å². The lowest BCUT2D eigenvalue weighted by Gasteiger charge is -2.31. The number of nitrogens with one attached hydrogen (secondary N) is 2. The van der Waals surface area contributed by atoms with E-state index in [1.54, 1.807) is 28.8 Å². The lowest BCUT2D eigenvalue weighted by atomic mass is 10.2. The number of benzene rings is 2. The van der Waals surface area contributed by atoms with E-state index in [1.807, 2.05) is 19.9 Å². The second-order valence-electron chi connectivity index (χ2n) is 10.2. The first-order chi connectivity index (χ1) is 19.2. The Balaban J connectivity index is 1.32. The van der Waals surface area contributed by atoms with E-state index < -0.39 is 11.9 Å². The summed E-state index contributed by atoms with van der Waals surface area (Å²) in [5.74, 6) is -0.198. The van der Waals surface area contributed by atoms with Crippen molar-refractivity contribution in [3.05, 3.63) is 73.9 Å². The van der Waals surface area contributed by atoms with Gasteiger partial charge in [0.05, 0.1) is 34.6 Å². The van der Waals surface area contributed by atoms with E-state index in [0.29, 0.717) is 34.7 Å². The second kappa shape index (κ2) is 11.2. The summed E-state index contributed by atoms with van der Waals surface area (Å²) in [5, 5.41) is 15.0. The van der Waals surface area contributed by atoms with Gasteiger partial charge < -0.3 is 20.3 Å². The molecule has 1 saturated heterocycles. The van der Waals surface area contributed by atoms with Crippen LogP contribution in [0.5, 0.6) is 0 Å². The maximum Gasteiger partial charge on any atom is 0.331 e. The van der Waals surface area contributed by atoms with Crippen LogP contribution in [0.4, 0.5) is 16.2 Å². The minimum atomic E-state index is -0.535. The van der Waals surface area contributed by atoms with E-state index >= 15 is 0 Å². The van der Waals surface area contributed by atoms with Gasteiger partial charge in [-0.3, -0.25) is 18.7 Å². The Morgan fingerprint density at radius 2 is 1.85 bits per heavy atom. The fourth-order valence-corrected chi connectivity index (χ4v) is 4.88. The Morgan fingerprint density at radius 3 is 2.52 bits per heavy atom. The molecule has 3 amide bonds. The van der Waals surface area contributed by atoms with Crippen molar-refractivity contribution < 1.29 is 14.3 Å². The Hall–Kier alpha value is -4.14. The molecule has 207 valence electrons. The minimum Gasteiger partial charge on any atom is -0.358 e. The van der Waals surface area contributed by atoms with Crippen LogP contribution in [0.15, 0.2) is 46.0 Å². The molecule has 1 aliphatic carbocycles. The number of anilines is 2. The maximum absolute atomic E-state index is 13.3. The van der Waals surface area contributed by atoms with Crippen LogP contribution in [0.1, 0.15) is 38.3 Å². The van der Waals surface area contributed by atoms with Crippen LogP contribution in [0.2, 0.25) is 5.02 Å². The van der Waals surface area contributed by atoms with Crippen LogP contribution in [0.3, 0.4) is 0 Å². The van der Waals surface area contributed by atoms with Gasteiger partial charge in [0.25, 0.3) is 11.5 Å². The van der Waals surface area contributed by atoms with Gasteiger partial charge >= 0.3 is 11.7 Å². The molecular formula is C28H28ClN6O5. The molecule has 2 aromatic carbocycles. The number of hydrogen-bond acceptors (Lipinski definition) is 6. The fraction of sp³-hybridized carbons (Fsp3) is 0.357. The topological polar surface area (TPSA) is 138 Å². The number of carbonyl (C=O) groups is 2. The van der Waals surface area contributed by atoms with Crippen LogP contribution in [-0.4, -0.2) is 45.7 Å². The van der Waals surface area contributed by atoms with E-state index in [9.17, 15) is 19.2 Å². The highest BCUT2D eigenvalue weighted by molar-refractivity contribution is 6.32. The Labute approximate surface area is 234 Å². The molecule has 2 N–H and O–H groups in total. The predicted molar refractivity (Wildman–Crippen MR) is 150 cm³/mol. The minimum absolute atomic E-state index is 0.0457. The third-order valence-electron chi connectivity index (χ3n) is 6.93. The first kappa shape index (κ1) is 27.4. The van der Waals surface area contributed by atoms with E-state index in [4.69, 9.17) is 21.6 Å². The molecule has 12 heteroatoms. The van der Waals surface area contributed by atoms with Gasteiger partial charge in [0.15, 0.2) is 0 Å². The van der Waals surface area contributed by atoms with Gasteiger partial charge in [-0.05, 0) is 69.0 Å². The quantitative estimate of drug-likeness (QED) is 0.469. The lowest BCUT2D eigenvalue weighted by Crippen LogP contribution is -2.47. The lowest BCUT2D eigenvalue weighted by molar-refractivity contribution is -0.121.